The van der Waals surface area contributed by atoms with E-state index in [1.165, 1.54) is 33.3 Å². The molecule has 3 heteroatoms. The van der Waals surface area contributed by atoms with E-state index in [4.69, 9.17) is 0 Å². The predicted molar refractivity (Wildman–Crippen MR) is 98.1 cm³/mol. The van der Waals surface area contributed by atoms with Crippen LogP contribution in [0.25, 0.3) is 22.2 Å². The van der Waals surface area contributed by atoms with Crippen LogP contribution >= 0.6 is 0 Å². The maximum atomic E-state index is 11.6. The van der Waals surface area contributed by atoms with Gasteiger partial charge in [-0.2, -0.15) is 0 Å². The SMILES string of the molecule is CCC(=O)NCCc1c2n(c3ccccc13)CCc1ccccc1-2. The van der Waals surface area contributed by atoms with Gasteiger partial charge >= 0.3 is 0 Å². The molecule has 0 saturated carbocycles. The number of rotatable bonds is 4. The van der Waals surface area contributed by atoms with Gasteiger partial charge in [0.25, 0.3) is 0 Å². The molecule has 2 heterocycles. The van der Waals surface area contributed by atoms with Crippen molar-refractivity contribution in [1.82, 2.24) is 9.88 Å². The Bertz CT molecular complexity index is 907. The molecule has 24 heavy (non-hydrogen) atoms. The second kappa shape index (κ2) is 6.16. The fourth-order valence-corrected chi connectivity index (χ4v) is 3.82. The number of para-hydroxylation sites is 1. The second-order valence-corrected chi connectivity index (χ2v) is 6.36. The topological polar surface area (TPSA) is 34.0 Å². The molecule has 0 saturated heterocycles. The molecular formula is C21H22N2O. The van der Waals surface area contributed by atoms with Gasteiger partial charge in [0.05, 0.1) is 5.69 Å². The Morgan fingerprint density at radius 1 is 1.12 bits per heavy atom. The van der Waals surface area contributed by atoms with Crippen molar-refractivity contribution in [2.75, 3.05) is 6.54 Å². The summed E-state index contributed by atoms with van der Waals surface area (Å²) in [4.78, 5) is 11.6. The Kier molecular flexibility index (Phi) is 3.85. The number of benzene rings is 2. The summed E-state index contributed by atoms with van der Waals surface area (Å²) in [5.41, 5.74) is 6.76. The highest BCUT2D eigenvalue weighted by atomic mass is 16.1. The van der Waals surface area contributed by atoms with Crippen LogP contribution in [-0.4, -0.2) is 17.0 Å². The number of hydrogen-bond donors (Lipinski definition) is 1. The number of carbonyl (C=O) groups is 1. The van der Waals surface area contributed by atoms with Crippen LogP contribution in [0.1, 0.15) is 24.5 Å². The van der Waals surface area contributed by atoms with E-state index < -0.39 is 0 Å². The molecule has 1 N–H and O–H groups in total. The number of nitrogens with one attached hydrogen (secondary N) is 1. The number of fused-ring (bicyclic) bond motifs is 5. The summed E-state index contributed by atoms with van der Waals surface area (Å²) in [6, 6.07) is 17.3. The highest BCUT2D eigenvalue weighted by molar-refractivity contribution is 5.93. The molecule has 0 radical (unpaired) electrons. The van der Waals surface area contributed by atoms with Crippen molar-refractivity contribution in [3.8, 4) is 11.3 Å². The maximum absolute atomic E-state index is 11.6. The molecule has 1 aliphatic heterocycles. The molecule has 3 aromatic rings. The van der Waals surface area contributed by atoms with Crippen molar-refractivity contribution in [2.45, 2.75) is 32.7 Å². The van der Waals surface area contributed by atoms with Gasteiger partial charge in [0, 0.05) is 36.0 Å². The average molecular weight is 318 g/mol. The normalized spacial score (nSPS) is 12.7. The molecule has 0 spiro atoms. The number of hydrogen-bond acceptors (Lipinski definition) is 1. The minimum Gasteiger partial charge on any atom is -0.356 e. The van der Waals surface area contributed by atoms with E-state index >= 15 is 0 Å². The zero-order valence-electron chi connectivity index (χ0n) is 14.0. The fraction of sp³-hybridized carbons (Fsp3) is 0.286. The van der Waals surface area contributed by atoms with Gasteiger partial charge in [-0.25, -0.2) is 0 Å². The summed E-state index contributed by atoms with van der Waals surface area (Å²) in [7, 11) is 0. The number of carbonyl (C=O) groups excluding carboxylic acids is 1. The van der Waals surface area contributed by atoms with Crippen LogP contribution < -0.4 is 5.32 Å². The fourth-order valence-electron chi connectivity index (χ4n) is 3.82. The maximum Gasteiger partial charge on any atom is 0.219 e. The lowest BCUT2D eigenvalue weighted by Gasteiger charge is -2.21. The van der Waals surface area contributed by atoms with Crippen LogP contribution in [0.4, 0.5) is 0 Å². The standard InChI is InChI=1S/C21H22N2O/c1-2-20(24)22-13-11-18-17-9-5-6-10-19(17)23-14-12-15-7-3-4-8-16(15)21(18)23/h3-10H,2,11-14H2,1H3,(H,22,24). The minimum absolute atomic E-state index is 0.118. The molecule has 122 valence electrons. The van der Waals surface area contributed by atoms with Gasteiger partial charge in [-0.15, -0.1) is 0 Å². The van der Waals surface area contributed by atoms with E-state index in [0.717, 1.165) is 19.4 Å². The number of amides is 1. The van der Waals surface area contributed by atoms with Crippen LogP contribution in [0.2, 0.25) is 0 Å². The molecular weight excluding hydrogens is 296 g/mol. The Labute approximate surface area is 142 Å². The van der Waals surface area contributed by atoms with Gasteiger partial charge in [0.15, 0.2) is 0 Å². The van der Waals surface area contributed by atoms with Gasteiger partial charge in [-0.1, -0.05) is 49.4 Å². The quantitative estimate of drug-likeness (QED) is 0.777. The lowest BCUT2D eigenvalue weighted by atomic mass is 9.95. The third kappa shape index (κ3) is 2.41. The Hall–Kier alpha value is -2.55. The highest BCUT2D eigenvalue weighted by Gasteiger charge is 2.23. The van der Waals surface area contributed by atoms with Crippen molar-refractivity contribution in [3.05, 3.63) is 59.7 Å². The molecule has 4 rings (SSSR count). The number of aryl methyl sites for hydroxylation is 2. The smallest absolute Gasteiger partial charge is 0.219 e. The minimum atomic E-state index is 0.118. The molecule has 0 bridgehead atoms. The van der Waals surface area contributed by atoms with Crippen LogP contribution in [0.15, 0.2) is 48.5 Å². The summed E-state index contributed by atoms with van der Waals surface area (Å²) in [6.45, 7) is 3.60. The summed E-state index contributed by atoms with van der Waals surface area (Å²) in [6.07, 6.45) is 2.48. The zero-order valence-corrected chi connectivity index (χ0v) is 14.0. The third-order valence-corrected chi connectivity index (χ3v) is 4.97. The summed E-state index contributed by atoms with van der Waals surface area (Å²) < 4.78 is 2.45. The zero-order chi connectivity index (χ0) is 16.5. The molecule has 1 aliphatic rings. The average Bonchev–Trinajstić information content (AvgIpc) is 2.96. The predicted octanol–water partition coefficient (Wildman–Crippen LogP) is 3.93. The molecule has 3 nitrogen and oxygen atoms in total. The molecule has 1 amide bonds. The molecule has 0 atom stereocenters. The lowest BCUT2D eigenvalue weighted by Crippen LogP contribution is -2.24. The monoisotopic (exact) mass is 318 g/mol. The first-order chi connectivity index (χ1) is 11.8. The van der Waals surface area contributed by atoms with Crippen molar-refractivity contribution >= 4 is 16.8 Å². The van der Waals surface area contributed by atoms with E-state index in [2.05, 4.69) is 58.4 Å². The van der Waals surface area contributed by atoms with Gasteiger partial charge in [-0.05, 0) is 30.0 Å². The molecule has 0 unspecified atom stereocenters. The van der Waals surface area contributed by atoms with Crippen molar-refractivity contribution < 1.29 is 4.79 Å². The van der Waals surface area contributed by atoms with Crippen LogP contribution in [-0.2, 0) is 24.2 Å². The van der Waals surface area contributed by atoms with E-state index in [9.17, 15) is 4.79 Å². The molecule has 0 aliphatic carbocycles. The first-order valence-corrected chi connectivity index (χ1v) is 8.74. The second-order valence-electron chi connectivity index (χ2n) is 6.36. The van der Waals surface area contributed by atoms with E-state index in [1.54, 1.807) is 0 Å². The Balaban J connectivity index is 1.82. The molecule has 1 aromatic heterocycles. The van der Waals surface area contributed by atoms with Gasteiger partial charge in [0.2, 0.25) is 5.91 Å². The highest BCUT2D eigenvalue weighted by Crippen LogP contribution is 2.38. The van der Waals surface area contributed by atoms with Crippen molar-refractivity contribution in [3.63, 3.8) is 0 Å². The van der Waals surface area contributed by atoms with Gasteiger partial charge in [0.1, 0.15) is 0 Å². The summed E-state index contributed by atoms with van der Waals surface area (Å²) in [5.74, 6) is 0.118. The molecule has 0 fully saturated rings. The van der Waals surface area contributed by atoms with E-state index in [1.807, 2.05) is 6.92 Å². The van der Waals surface area contributed by atoms with E-state index in [-0.39, 0.29) is 5.91 Å². The third-order valence-electron chi connectivity index (χ3n) is 4.97. The first-order valence-electron chi connectivity index (χ1n) is 8.74. The van der Waals surface area contributed by atoms with Gasteiger partial charge < -0.3 is 9.88 Å². The number of nitrogens with zero attached hydrogens (tertiary/aromatic N) is 1. The summed E-state index contributed by atoms with van der Waals surface area (Å²) >= 11 is 0. The first kappa shape index (κ1) is 15.0. The van der Waals surface area contributed by atoms with Crippen molar-refractivity contribution in [2.24, 2.45) is 0 Å². The summed E-state index contributed by atoms with van der Waals surface area (Å²) in [5, 5.41) is 4.33. The number of aromatic nitrogens is 1. The van der Waals surface area contributed by atoms with Crippen LogP contribution in [0, 0.1) is 0 Å². The van der Waals surface area contributed by atoms with Crippen LogP contribution in [0.3, 0.4) is 0 Å². The lowest BCUT2D eigenvalue weighted by molar-refractivity contribution is -0.120. The Morgan fingerprint density at radius 2 is 1.92 bits per heavy atom. The Morgan fingerprint density at radius 3 is 2.79 bits per heavy atom. The van der Waals surface area contributed by atoms with Gasteiger partial charge in [-0.3, -0.25) is 4.79 Å². The molecule has 2 aromatic carbocycles. The van der Waals surface area contributed by atoms with Crippen molar-refractivity contribution in [1.29, 1.82) is 0 Å². The largest absolute Gasteiger partial charge is 0.356 e. The van der Waals surface area contributed by atoms with Crippen LogP contribution in [0.5, 0.6) is 0 Å². The van der Waals surface area contributed by atoms with E-state index in [0.29, 0.717) is 13.0 Å².